The van der Waals surface area contributed by atoms with Crippen molar-refractivity contribution >= 4 is 17.5 Å². The lowest BCUT2D eigenvalue weighted by Crippen LogP contribution is -2.40. The third-order valence-corrected chi connectivity index (χ3v) is 3.47. The second kappa shape index (κ2) is 6.07. The van der Waals surface area contributed by atoms with E-state index in [1.165, 1.54) is 0 Å². The molecule has 98 valence electrons. The van der Waals surface area contributed by atoms with E-state index < -0.39 is 0 Å². The zero-order valence-electron chi connectivity index (χ0n) is 10.3. The number of rotatable bonds is 4. The van der Waals surface area contributed by atoms with Gasteiger partial charge in [0.2, 0.25) is 5.91 Å². The van der Waals surface area contributed by atoms with Gasteiger partial charge < -0.3 is 15.4 Å². The minimum atomic E-state index is -0.0708. The van der Waals surface area contributed by atoms with Crippen LogP contribution >= 0.6 is 11.6 Å². The highest BCUT2D eigenvalue weighted by Gasteiger charge is 2.22. The van der Waals surface area contributed by atoms with Crippen LogP contribution < -0.4 is 15.4 Å². The molecule has 18 heavy (non-hydrogen) atoms. The molecule has 4 nitrogen and oxygen atoms in total. The summed E-state index contributed by atoms with van der Waals surface area (Å²) >= 11 is 6.10. The number of hydrogen-bond donors (Lipinski definition) is 2. The van der Waals surface area contributed by atoms with Crippen LogP contribution in [0.25, 0.3) is 0 Å². The van der Waals surface area contributed by atoms with Gasteiger partial charge in [-0.1, -0.05) is 17.7 Å². The van der Waals surface area contributed by atoms with Gasteiger partial charge in [0.15, 0.2) is 0 Å². The molecular formula is C13H17ClN2O2. The van der Waals surface area contributed by atoms with Gasteiger partial charge in [-0.25, -0.2) is 0 Å². The first-order valence-corrected chi connectivity index (χ1v) is 6.42. The van der Waals surface area contributed by atoms with Crippen LogP contribution in [0.5, 0.6) is 5.75 Å². The normalized spacial score (nSPS) is 18.7. The Balaban J connectivity index is 1.99. The Morgan fingerprint density at radius 1 is 1.61 bits per heavy atom. The Bertz CT molecular complexity index is 431. The van der Waals surface area contributed by atoms with Crippen molar-refractivity contribution in [3.05, 3.63) is 28.8 Å². The number of carbonyl (C=O) groups is 1. The number of carbonyl (C=O) groups excluding carboxylic acids is 1. The van der Waals surface area contributed by atoms with Crippen molar-refractivity contribution in [1.29, 1.82) is 0 Å². The Morgan fingerprint density at radius 3 is 3.11 bits per heavy atom. The van der Waals surface area contributed by atoms with Gasteiger partial charge in [-0.2, -0.15) is 0 Å². The smallest absolute Gasteiger partial charge is 0.237 e. The molecule has 0 radical (unpaired) electrons. The first-order valence-electron chi connectivity index (χ1n) is 6.05. The van der Waals surface area contributed by atoms with Crippen LogP contribution in [-0.2, 0) is 11.3 Å². The summed E-state index contributed by atoms with van der Waals surface area (Å²) in [4.78, 5) is 11.9. The number of ether oxygens (including phenoxy) is 1. The Hall–Kier alpha value is -1.26. The molecule has 0 aromatic heterocycles. The largest absolute Gasteiger partial charge is 0.496 e. The van der Waals surface area contributed by atoms with E-state index in [-0.39, 0.29) is 11.9 Å². The quantitative estimate of drug-likeness (QED) is 0.874. The van der Waals surface area contributed by atoms with E-state index >= 15 is 0 Å². The average Bonchev–Trinajstić information content (AvgIpc) is 2.90. The van der Waals surface area contributed by atoms with Gasteiger partial charge in [0, 0.05) is 17.1 Å². The van der Waals surface area contributed by atoms with E-state index in [1.807, 2.05) is 12.1 Å². The van der Waals surface area contributed by atoms with E-state index in [0.29, 0.717) is 17.3 Å². The Kier molecular flexibility index (Phi) is 4.44. The Labute approximate surface area is 112 Å². The van der Waals surface area contributed by atoms with Gasteiger partial charge in [-0.3, -0.25) is 4.79 Å². The monoisotopic (exact) mass is 268 g/mol. The summed E-state index contributed by atoms with van der Waals surface area (Å²) in [6, 6.07) is 5.38. The zero-order valence-corrected chi connectivity index (χ0v) is 11.1. The highest BCUT2D eigenvalue weighted by molar-refractivity contribution is 6.31. The number of halogens is 1. The van der Waals surface area contributed by atoms with Crippen molar-refractivity contribution in [2.24, 2.45) is 0 Å². The van der Waals surface area contributed by atoms with Crippen LogP contribution in [0.3, 0.4) is 0 Å². The molecule has 1 saturated heterocycles. The van der Waals surface area contributed by atoms with Crippen molar-refractivity contribution in [3.63, 3.8) is 0 Å². The van der Waals surface area contributed by atoms with Crippen molar-refractivity contribution in [3.8, 4) is 5.75 Å². The van der Waals surface area contributed by atoms with Crippen LogP contribution in [0, 0.1) is 0 Å². The number of nitrogens with one attached hydrogen (secondary N) is 2. The highest BCUT2D eigenvalue weighted by atomic mass is 35.5. The number of amides is 1. The summed E-state index contributed by atoms with van der Waals surface area (Å²) in [5.74, 6) is 0.719. The molecule has 1 aliphatic rings. The lowest BCUT2D eigenvalue weighted by atomic mass is 10.1. The van der Waals surface area contributed by atoms with E-state index in [9.17, 15) is 4.79 Å². The summed E-state index contributed by atoms with van der Waals surface area (Å²) in [5.41, 5.74) is 0.813. The maximum absolute atomic E-state index is 11.9. The van der Waals surface area contributed by atoms with Gasteiger partial charge in [0.1, 0.15) is 5.75 Å². The second-order valence-corrected chi connectivity index (χ2v) is 4.69. The van der Waals surface area contributed by atoms with Gasteiger partial charge in [0.25, 0.3) is 0 Å². The molecule has 0 spiro atoms. The van der Waals surface area contributed by atoms with Crippen molar-refractivity contribution in [2.75, 3.05) is 13.7 Å². The van der Waals surface area contributed by atoms with E-state index in [1.54, 1.807) is 13.2 Å². The molecule has 1 aliphatic heterocycles. The van der Waals surface area contributed by atoms with E-state index in [4.69, 9.17) is 16.3 Å². The van der Waals surface area contributed by atoms with Crippen LogP contribution in [0.15, 0.2) is 18.2 Å². The fraction of sp³-hybridized carbons (Fsp3) is 0.462. The van der Waals surface area contributed by atoms with E-state index in [0.717, 1.165) is 24.9 Å². The van der Waals surface area contributed by atoms with Gasteiger partial charge >= 0.3 is 0 Å². The van der Waals surface area contributed by atoms with Gasteiger partial charge in [0.05, 0.1) is 13.2 Å². The first kappa shape index (κ1) is 13.2. The van der Waals surface area contributed by atoms with Gasteiger partial charge in [-0.05, 0) is 31.5 Å². The number of methoxy groups -OCH3 is 1. The van der Waals surface area contributed by atoms with Gasteiger partial charge in [-0.15, -0.1) is 0 Å². The van der Waals surface area contributed by atoms with Crippen LogP contribution in [0.2, 0.25) is 5.02 Å². The third kappa shape index (κ3) is 2.94. The molecule has 1 aromatic rings. The lowest BCUT2D eigenvalue weighted by Gasteiger charge is -2.14. The topological polar surface area (TPSA) is 50.4 Å². The van der Waals surface area contributed by atoms with Crippen LogP contribution in [0.4, 0.5) is 0 Å². The predicted molar refractivity (Wildman–Crippen MR) is 70.9 cm³/mol. The van der Waals surface area contributed by atoms with Crippen LogP contribution in [-0.4, -0.2) is 25.6 Å². The Morgan fingerprint density at radius 2 is 2.44 bits per heavy atom. The molecule has 1 fully saturated rings. The fourth-order valence-corrected chi connectivity index (χ4v) is 2.34. The standard InChI is InChI=1S/C13H17ClN2O2/c1-18-12-6-2-4-10(14)9(12)8-16-13(17)11-5-3-7-15-11/h2,4,6,11,15H,3,5,7-8H2,1H3,(H,16,17). The SMILES string of the molecule is COc1cccc(Cl)c1CNC(=O)C1CCCN1. The summed E-state index contributed by atoms with van der Waals surface area (Å²) in [6.45, 7) is 1.30. The minimum absolute atomic E-state index is 0.0227. The maximum Gasteiger partial charge on any atom is 0.237 e. The molecule has 0 saturated carbocycles. The molecule has 1 heterocycles. The highest BCUT2D eigenvalue weighted by Crippen LogP contribution is 2.25. The zero-order chi connectivity index (χ0) is 13.0. The molecule has 0 aliphatic carbocycles. The summed E-state index contributed by atoms with van der Waals surface area (Å²) < 4.78 is 5.23. The molecule has 1 amide bonds. The second-order valence-electron chi connectivity index (χ2n) is 4.29. The van der Waals surface area contributed by atoms with Crippen molar-refractivity contribution < 1.29 is 9.53 Å². The molecule has 1 atom stereocenters. The fourth-order valence-electron chi connectivity index (χ4n) is 2.11. The molecule has 0 bridgehead atoms. The summed E-state index contributed by atoms with van der Waals surface area (Å²) in [5, 5.41) is 6.66. The molecule has 5 heteroatoms. The number of benzene rings is 1. The molecule has 1 unspecified atom stereocenters. The molecule has 2 rings (SSSR count). The summed E-state index contributed by atoms with van der Waals surface area (Å²) in [7, 11) is 1.59. The molecule has 1 aromatic carbocycles. The summed E-state index contributed by atoms with van der Waals surface area (Å²) in [6.07, 6.45) is 1.94. The predicted octanol–water partition coefficient (Wildman–Crippen LogP) is 1.72. The van der Waals surface area contributed by atoms with Crippen LogP contribution in [0.1, 0.15) is 18.4 Å². The third-order valence-electron chi connectivity index (χ3n) is 3.11. The van der Waals surface area contributed by atoms with E-state index in [2.05, 4.69) is 10.6 Å². The average molecular weight is 269 g/mol. The molecule has 2 N–H and O–H groups in total. The lowest BCUT2D eigenvalue weighted by molar-refractivity contribution is -0.122. The first-order chi connectivity index (χ1) is 8.72. The number of hydrogen-bond acceptors (Lipinski definition) is 3. The minimum Gasteiger partial charge on any atom is -0.496 e. The maximum atomic E-state index is 11.9. The van der Waals surface area contributed by atoms with Crippen molar-refractivity contribution in [1.82, 2.24) is 10.6 Å². The van der Waals surface area contributed by atoms with Crippen molar-refractivity contribution in [2.45, 2.75) is 25.4 Å². The molecular weight excluding hydrogens is 252 g/mol.